The van der Waals surface area contributed by atoms with Gasteiger partial charge in [0.1, 0.15) is 11.5 Å². The summed E-state index contributed by atoms with van der Waals surface area (Å²) in [7, 11) is 0. The van der Waals surface area contributed by atoms with E-state index in [4.69, 9.17) is 5.11 Å². The number of phenols is 1. The van der Waals surface area contributed by atoms with Gasteiger partial charge in [0.2, 0.25) is 0 Å². The topological polar surface area (TPSA) is 115 Å². The molecular weight excluding hydrogens is 396 g/mol. The number of aliphatic hydroxyl groups excluding tert-OH is 2. The number of benzene rings is 1. The van der Waals surface area contributed by atoms with E-state index in [1.165, 1.54) is 0 Å². The summed E-state index contributed by atoms with van der Waals surface area (Å²) in [5.74, 6) is -0.995. The number of aliphatic carboxylic acids is 1. The molecule has 1 fully saturated rings. The maximum Gasteiger partial charge on any atom is 0.303 e. The van der Waals surface area contributed by atoms with Crippen LogP contribution < -0.4 is 0 Å². The molecule has 0 spiro atoms. The average molecular weight is 433 g/mol. The van der Waals surface area contributed by atoms with Gasteiger partial charge in [0.25, 0.3) is 0 Å². The molecule has 0 radical (unpaired) electrons. The Morgan fingerprint density at radius 1 is 1.23 bits per heavy atom. The Morgan fingerprint density at radius 2 is 1.97 bits per heavy atom. The second-order valence-corrected chi connectivity index (χ2v) is 8.64. The molecule has 1 unspecified atom stereocenters. The van der Waals surface area contributed by atoms with Gasteiger partial charge in [-0.15, -0.1) is 0 Å². The van der Waals surface area contributed by atoms with Crippen molar-refractivity contribution in [1.82, 2.24) is 0 Å². The Hall–Kier alpha value is -2.18. The molecule has 2 rings (SSSR count). The summed E-state index contributed by atoms with van der Waals surface area (Å²) in [5.41, 5.74) is 1.80. The lowest BCUT2D eigenvalue weighted by molar-refractivity contribution is -0.137. The second-order valence-electron chi connectivity index (χ2n) is 8.64. The fourth-order valence-corrected chi connectivity index (χ4v) is 4.39. The SMILES string of the molecule is CCCc1cc(CC(O)C=C[C@H]2[C@H](O)CC(=O)[C@@H]2CCCCCCC(=O)O)ccc1O. The third-order valence-electron chi connectivity index (χ3n) is 6.05. The molecule has 0 aromatic heterocycles. The molecule has 1 aliphatic carbocycles. The van der Waals surface area contributed by atoms with Crippen molar-refractivity contribution in [2.45, 2.75) is 83.3 Å². The number of carbonyl (C=O) groups is 2. The van der Waals surface area contributed by atoms with E-state index in [0.29, 0.717) is 19.3 Å². The number of hydrogen-bond donors (Lipinski definition) is 4. The molecule has 1 aromatic carbocycles. The van der Waals surface area contributed by atoms with Crippen LogP contribution in [0.25, 0.3) is 0 Å². The number of aromatic hydroxyl groups is 1. The summed E-state index contributed by atoms with van der Waals surface area (Å²) >= 11 is 0. The molecule has 0 amide bonds. The Balaban J connectivity index is 1.88. The van der Waals surface area contributed by atoms with Crippen molar-refractivity contribution in [3.63, 3.8) is 0 Å². The van der Waals surface area contributed by atoms with Crippen molar-refractivity contribution in [3.05, 3.63) is 41.5 Å². The van der Waals surface area contributed by atoms with Gasteiger partial charge in [-0.05, 0) is 36.5 Å². The van der Waals surface area contributed by atoms with E-state index in [2.05, 4.69) is 0 Å². The van der Waals surface area contributed by atoms with Crippen LogP contribution in [0.4, 0.5) is 0 Å². The minimum atomic E-state index is -0.785. The maximum atomic E-state index is 12.3. The highest BCUT2D eigenvalue weighted by molar-refractivity contribution is 5.84. The number of carboxylic acids is 1. The minimum Gasteiger partial charge on any atom is -0.508 e. The molecule has 0 saturated heterocycles. The third-order valence-corrected chi connectivity index (χ3v) is 6.05. The van der Waals surface area contributed by atoms with E-state index < -0.39 is 18.2 Å². The lowest BCUT2D eigenvalue weighted by Crippen LogP contribution is -2.19. The molecule has 4 atom stereocenters. The summed E-state index contributed by atoms with van der Waals surface area (Å²) in [6, 6.07) is 5.37. The van der Waals surface area contributed by atoms with Gasteiger partial charge in [0, 0.05) is 31.1 Å². The predicted molar refractivity (Wildman–Crippen MR) is 119 cm³/mol. The normalized spacial score (nSPS) is 22.3. The first-order chi connectivity index (χ1) is 14.8. The molecule has 31 heavy (non-hydrogen) atoms. The van der Waals surface area contributed by atoms with Gasteiger partial charge in [-0.3, -0.25) is 9.59 Å². The number of unbranched alkanes of at least 4 members (excludes halogenated alkanes) is 3. The summed E-state index contributed by atoms with van der Waals surface area (Å²) in [6.07, 6.45) is 8.23. The van der Waals surface area contributed by atoms with Crippen LogP contribution in [0.3, 0.4) is 0 Å². The number of aliphatic hydroxyl groups is 2. The molecule has 1 saturated carbocycles. The van der Waals surface area contributed by atoms with Gasteiger partial charge in [-0.1, -0.05) is 56.9 Å². The number of Topliss-reactive ketones (excluding diaryl/α,β-unsaturated/α-hetero) is 1. The summed E-state index contributed by atoms with van der Waals surface area (Å²) in [5, 5.41) is 39.3. The quantitative estimate of drug-likeness (QED) is 0.278. The largest absolute Gasteiger partial charge is 0.508 e. The van der Waals surface area contributed by atoms with E-state index in [9.17, 15) is 24.9 Å². The summed E-state index contributed by atoms with van der Waals surface area (Å²) in [4.78, 5) is 22.9. The fraction of sp³-hybridized carbons (Fsp3) is 0.600. The van der Waals surface area contributed by atoms with Crippen molar-refractivity contribution >= 4 is 11.8 Å². The number of aryl methyl sites for hydroxylation is 1. The zero-order valence-electron chi connectivity index (χ0n) is 18.4. The first kappa shape index (κ1) is 25.1. The number of ketones is 1. The van der Waals surface area contributed by atoms with Crippen LogP contribution in [-0.2, 0) is 22.4 Å². The Morgan fingerprint density at radius 3 is 2.68 bits per heavy atom. The van der Waals surface area contributed by atoms with E-state index in [0.717, 1.165) is 43.2 Å². The van der Waals surface area contributed by atoms with Gasteiger partial charge in [-0.25, -0.2) is 0 Å². The number of carboxylic acid groups (broad SMARTS) is 1. The minimum absolute atomic E-state index is 0.0601. The van der Waals surface area contributed by atoms with Crippen molar-refractivity contribution in [2.75, 3.05) is 0 Å². The van der Waals surface area contributed by atoms with Gasteiger partial charge in [0.05, 0.1) is 12.2 Å². The van der Waals surface area contributed by atoms with Gasteiger partial charge in [0.15, 0.2) is 0 Å². The van der Waals surface area contributed by atoms with E-state index >= 15 is 0 Å². The third kappa shape index (κ3) is 8.11. The number of hydrogen-bond acceptors (Lipinski definition) is 5. The summed E-state index contributed by atoms with van der Waals surface area (Å²) in [6.45, 7) is 2.05. The van der Waals surface area contributed by atoms with Gasteiger partial charge >= 0.3 is 5.97 Å². The smallest absolute Gasteiger partial charge is 0.303 e. The number of rotatable bonds is 13. The van der Waals surface area contributed by atoms with Gasteiger partial charge in [-0.2, -0.15) is 0 Å². The van der Waals surface area contributed by atoms with Crippen molar-refractivity contribution < 1.29 is 30.0 Å². The molecule has 6 heteroatoms. The predicted octanol–water partition coefficient (Wildman–Crippen LogP) is 3.80. The number of carbonyl (C=O) groups excluding carboxylic acids is 1. The zero-order valence-corrected chi connectivity index (χ0v) is 18.4. The highest BCUT2D eigenvalue weighted by Gasteiger charge is 2.39. The van der Waals surface area contributed by atoms with E-state index in [1.54, 1.807) is 24.3 Å². The lowest BCUT2D eigenvalue weighted by Gasteiger charge is -2.18. The van der Waals surface area contributed by atoms with Crippen molar-refractivity contribution in [1.29, 1.82) is 0 Å². The Bertz CT molecular complexity index is 756. The van der Waals surface area contributed by atoms with Gasteiger partial charge < -0.3 is 20.4 Å². The monoisotopic (exact) mass is 432 g/mol. The highest BCUT2D eigenvalue weighted by atomic mass is 16.4. The van der Waals surface area contributed by atoms with Crippen LogP contribution in [0.1, 0.15) is 69.4 Å². The first-order valence-corrected chi connectivity index (χ1v) is 11.4. The van der Waals surface area contributed by atoms with E-state index in [-0.39, 0.29) is 36.2 Å². The zero-order chi connectivity index (χ0) is 22.8. The van der Waals surface area contributed by atoms with Crippen molar-refractivity contribution in [2.24, 2.45) is 11.8 Å². The van der Waals surface area contributed by atoms with Crippen LogP contribution in [0.2, 0.25) is 0 Å². The first-order valence-electron chi connectivity index (χ1n) is 11.4. The standard InChI is InChI=1S/C25H36O6/c1-2-7-18-14-17(10-13-22(18)27)15-19(26)11-12-21-20(23(28)16-24(21)29)8-5-3-4-6-9-25(30)31/h10-14,19-21,24,26-27,29H,2-9,15-16H2,1H3,(H,30,31)/t19?,20-,21-,24-/m1/s1. The fourth-order valence-electron chi connectivity index (χ4n) is 4.39. The van der Waals surface area contributed by atoms with Crippen LogP contribution in [0.5, 0.6) is 5.75 Å². The molecule has 1 aromatic rings. The molecule has 6 nitrogen and oxygen atoms in total. The molecule has 4 N–H and O–H groups in total. The van der Waals surface area contributed by atoms with Crippen LogP contribution >= 0.6 is 0 Å². The van der Waals surface area contributed by atoms with E-state index in [1.807, 2.05) is 13.0 Å². The molecule has 0 heterocycles. The molecule has 172 valence electrons. The Kier molecular flexibility index (Phi) is 10.2. The molecule has 0 bridgehead atoms. The maximum absolute atomic E-state index is 12.3. The molecule has 0 aliphatic heterocycles. The van der Waals surface area contributed by atoms with Crippen LogP contribution in [0, 0.1) is 11.8 Å². The Labute approximate surface area is 184 Å². The van der Waals surface area contributed by atoms with Crippen LogP contribution in [0.15, 0.2) is 30.4 Å². The summed E-state index contributed by atoms with van der Waals surface area (Å²) < 4.78 is 0. The highest BCUT2D eigenvalue weighted by Crippen LogP contribution is 2.34. The second kappa shape index (κ2) is 12.6. The molecular formula is C25H36O6. The number of phenolic OH excluding ortho intramolecular Hbond substituents is 1. The molecule has 1 aliphatic rings. The lowest BCUT2D eigenvalue weighted by atomic mass is 9.88. The van der Waals surface area contributed by atoms with Crippen molar-refractivity contribution in [3.8, 4) is 5.75 Å². The van der Waals surface area contributed by atoms with Crippen LogP contribution in [-0.4, -0.2) is 44.4 Å². The average Bonchev–Trinajstić information content (AvgIpc) is 2.98.